The average Bonchev–Trinajstić information content (AvgIpc) is 2.30. The minimum Gasteiger partial charge on any atom is -0.371 e. The molecule has 0 aromatic heterocycles. The molecule has 0 bridgehead atoms. The maximum Gasteiger partial charge on any atom is 0.0798 e. The number of nitrogens with zero attached hydrogens (tertiary/aromatic N) is 1. The summed E-state index contributed by atoms with van der Waals surface area (Å²) in [6.45, 7) is 13.2. The van der Waals surface area contributed by atoms with E-state index in [1.165, 1.54) is 24.1 Å². The lowest BCUT2D eigenvalue weighted by Crippen LogP contribution is -2.25. The molecule has 0 amide bonds. The third-order valence-electron chi connectivity index (χ3n) is 3.41. The van der Waals surface area contributed by atoms with Crippen LogP contribution in [0, 0.1) is 14.4 Å². The van der Waals surface area contributed by atoms with Gasteiger partial charge >= 0.3 is 0 Å². The molecule has 0 saturated carbocycles. The highest BCUT2D eigenvalue weighted by Gasteiger charge is 2.19. The van der Waals surface area contributed by atoms with Crippen LogP contribution < -0.4 is 4.90 Å². The summed E-state index contributed by atoms with van der Waals surface area (Å²) in [4.78, 5) is 2.34. The van der Waals surface area contributed by atoms with Crippen LogP contribution in [0.5, 0.6) is 0 Å². The molecule has 1 nitrogen and oxygen atoms in total. The van der Waals surface area contributed by atoms with Crippen LogP contribution in [0.4, 0.5) is 5.69 Å². The molecule has 1 aromatic rings. The van der Waals surface area contributed by atoms with Gasteiger partial charge in [-0.1, -0.05) is 45.2 Å². The summed E-state index contributed by atoms with van der Waals surface area (Å²) in [6.07, 6.45) is 3.52. The lowest BCUT2D eigenvalue weighted by molar-refractivity contribution is 0.365. The van der Waals surface area contributed by atoms with Gasteiger partial charge in [0.25, 0.3) is 0 Å². The number of anilines is 1. The highest BCUT2D eigenvalue weighted by molar-refractivity contribution is 7.74. The monoisotopic (exact) mass is 283 g/mol. The van der Waals surface area contributed by atoms with Gasteiger partial charge in [0, 0.05) is 13.1 Å². The summed E-state index contributed by atoms with van der Waals surface area (Å²) < 4.78 is 1.86. The summed E-state index contributed by atoms with van der Waals surface area (Å²) in [6, 6.07) is 0. The normalized spacial score (nSPS) is 12.1. The van der Waals surface area contributed by atoms with Gasteiger partial charge in [-0.2, -0.15) is 0 Å². The molecule has 1 aromatic carbocycles. The van der Waals surface area contributed by atoms with Gasteiger partial charge < -0.3 is 4.90 Å². The van der Waals surface area contributed by atoms with E-state index < -0.39 is 0 Å². The Labute approximate surface area is 122 Å². The second-order valence-corrected chi connectivity index (χ2v) is 6.89. The fourth-order valence-electron chi connectivity index (χ4n) is 2.33. The Hall–Kier alpha value is -0.280. The Morgan fingerprint density at radius 2 is 1.56 bits per heavy atom. The highest BCUT2D eigenvalue weighted by Crippen LogP contribution is 2.33. The number of hydrogen-bond donors (Lipinski definition) is 0. The molecular weight excluding hydrogens is 258 g/mol. The minimum atomic E-state index is 0.405. The highest BCUT2D eigenvalue weighted by atomic mass is 32.1. The van der Waals surface area contributed by atoms with Crippen molar-refractivity contribution in [1.29, 1.82) is 0 Å². The summed E-state index contributed by atoms with van der Waals surface area (Å²) in [5.74, 6) is 0. The van der Waals surface area contributed by atoms with Gasteiger partial charge in [0.1, 0.15) is 0 Å². The van der Waals surface area contributed by atoms with E-state index >= 15 is 0 Å². The summed E-state index contributed by atoms with van der Waals surface area (Å²) in [5.41, 5.74) is 3.00. The Morgan fingerprint density at radius 1 is 1.00 bits per heavy atom. The molecule has 0 spiro atoms. The van der Waals surface area contributed by atoms with Crippen LogP contribution >= 0.6 is 24.4 Å². The fourth-order valence-corrected chi connectivity index (χ4v) is 3.00. The first-order chi connectivity index (χ1) is 8.31. The van der Waals surface area contributed by atoms with Crippen LogP contribution in [-0.2, 0) is 6.42 Å². The summed E-state index contributed by atoms with van der Waals surface area (Å²) >= 11 is 10.8. The Balaban J connectivity index is 2.76. The predicted octanol–water partition coefficient (Wildman–Crippen LogP) is 5.24. The van der Waals surface area contributed by atoms with Crippen LogP contribution in [-0.4, -0.2) is 13.1 Å². The van der Waals surface area contributed by atoms with E-state index in [1.54, 1.807) is 0 Å². The first-order valence-electron chi connectivity index (χ1n) is 6.89. The van der Waals surface area contributed by atoms with Crippen molar-refractivity contribution in [3.05, 3.63) is 14.6 Å². The third-order valence-corrected chi connectivity index (χ3v) is 4.39. The summed E-state index contributed by atoms with van der Waals surface area (Å²) in [5, 5.41) is 0. The van der Waals surface area contributed by atoms with E-state index in [9.17, 15) is 0 Å². The van der Waals surface area contributed by atoms with Crippen molar-refractivity contribution in [3.8, 4) is 0 Å². The van der Waals surface area contributed by atoms with Gasteiger partial charge in [0.2, 0.25) is 0 Å². The molecule has 0 aliphatic carbocycles. The van der Waals surface area contributed by atoms with Crippen LogP contribution in [0.2, 0.25) is 0 Å². The largest absolute Gasteiger partial charge is 0.371 e. The summed E-state index contributed by atoms with van der Waals surface area (Å²) in [7, 11) is 0. The second kappa shape index (κ2) is 6.25. The van der Waals surface area contributed by atoms with Gasteiger partial charge in [0.05, 0.1) is 14.7 Å². The van der Waals surface area contributed by atoms with Gasteiger partial charge in [-0.25, -0.2) is 0 Å². The minimum absolute atomic E-state index is 0.405. The molecule has 3 heteroatoms. The number of hydrogen-bond acceptors (Lipinski definition) is 3. The van der Waals surface area contributed by atoms with Crippen molar-refractivity contribution < 1.29 is 0 Å². The van der Waals surface area contributed by atoms with Gasteiger partial charge in [-0.3, -0.25) is 0 Å². The van der Waals surface area contributed by atoms with Gasteiger partial charge in [-0.05, 0) is 44.1 Å². The van der Waals surface area contributed by atoms with E-state index in [4.69, 9.17) is 24.4 Å². The maximum absolute atomic E-state index is 5.40. The molecule has 0 aliphatic heterocycles. The topological polar surface area (TPSA) is 3.24 Å². The van der Waals surface area contributed by atoms with Crippen molar-refractivity contribution in [3.63, 3.8) is 0 Å². The zero-order valence-electron chi connectivity index (χ0n) is 12.3. The Kier molecular flexibility index (Phi) is 5.47. The lowest BCUT2D eigenvalue weighted by Gasteiger charge is -2.27. The standard InChI is InChI=1S/C15H25NS2/c1-6-16(7-2)12-11(13(17)14(12)18)9-8-10-15(3,4)5/h6-10H2,1-5H3. The van der Waals surface area contributed by atoms with Crippen LogP contribution in [0.1, 0.15) is 53.0 Å². The quantitative estimate of drug-likeness (QED) is 0.658. The smallest absolute Gasteiger partial charge is 0.0798 e. The van der Waals surface area contributed by atoms with Crippen molar-refractivity contribution >= 4 is 30.1 Å². The van der Waals surface area contributed by atoms with Gasteiger partial charge in [-0.15, -0.1) is 0 Å². The first kappa shape index (κ1) is 15.8. The van der Waals surface area contributed by atoms with Crippen molar-refractivity contribution in [1.82, 2.24) is 0 Å². The van der Waals surface area contributed by atoms with E-state index in [0.29, 0.717) is 5.41 Å². The van der Waals surface area contributed by atoms with E-state index in [0.717, 1.165) is 28.5 Å². The zero-order valence-corrected chi connectivity index (χ0v) is 13.9. The van der Waals surface area contributed by atoms with E-state index in [-0.39, 0.29) is 0 Å². The van der Waals surface area contributed by atoms with Gasteiger partial charge in [0.15, 0.2) is 0 Å². The molecule has 0 unspecified atom stereocenters. The molecule has 0 aliphatic rings. The SMILES string of the molecule is CCN(CC)c1c(CCCC(C)(C)C)c(=S)c1=S. The molecule has 0 radical (unpaired) electrons. The van der Waals surface area contributed by atoms with Crippen molar-refractivity contribution in [2.24, 2.45) is 5.41 Å². The average molecular weight is 284 g/mol. The van der Waals surface area contributed by atoms with E-state index in [1.807, 2.05) is 0 Å². The van der Waals surface area contributed by atoms with Crippen LogP contribution in [0.15, 0.2) is 0 Å². The second-order valence-electron chi connectivity index (χ2n) is 6.07. The Bertz CT molecular complexity index is 457. The zero-order chi connectivity index (χ0) is 13.9. The van der Waals surface area contributed by atoms with Crippen LogP contribution in [0.3, 0.4) is 0 Å². The Morgan fingerprint density at radius 3 is 2.00 bits per heavy atom. The molecule has 0 heterocycles. The molecular formula is C15H25NS2. The molecule has 102 valence electrons. The lowest BCUT2D eigenvalue weighted by atomic mass is 9.88. The molecule has 0 N–H and O–H groups in total. The molecule has 0 saturated heterocycles. The molecule has 0 fully saturated rings. The molecule has 0 atom stereocenters. The predicted molar refractivity (Wildman–Crippen MR) is 86.4 cm³/mol. The third kappa shape index (κ3) is 3.61. The maximum atomic E-state index is 5.40. The fraction of sp³-hybridized carbons (Fsp3) is 0.733. The first-order valence-corrected chi connectivity index (χ1v) is 7.70. The van der Waals surface area contributed by atoms with E-state index in [2.05, 4.69) is 39.5 Å². The molecule has 1 rings (SSSR count). The number of rotatable bonds is 6. The van der Waals surface area contributed by atoms with Crippen molar-refractivity contribution in [2.45, 2.75) is 53.9 Å². The van der Waals surface area contributed by atoms with Crippen LogP contribution in [0.25, 0.3) is 0 Å². The van der Waals surface area contributed by atoms with Crippen molar-refractivity contribution in [2.75, 3.05) is 18.0 Å². The molecule has 18 heavy (non-hydrogen) atoms.